The maximum absolute atomic E-state index is 10.0. The second kappa shape index (κ2) is 6.11. The molecule has 118 valence electrons. The van der Waals surface area contributed by atoms with Gasteiger partial charge in [0.25, 0.3) is 0 Å². The Kier molecular flexibility index (Phi) is 4.59. The lowest BCUT2D eigenvalue weighted by atomic mass is 9.76. The van der Waals surface area contributed by atoms with Crippen molar-refractivity contribution in [3.8, 4) is 5.75 Å². The number of aliphatic hydroxyl groups excluding tert-OH is 2. The normalized spacial score (nSPS) is 11.7. The van der Waals surface area contributed by atoms with Gasteiger partial charge >= 0.3 is 0 Å². The highest BCUT2D eigenvalue weighted by Crippen LogP contribution is 2.36. The molecule has 2 rings (SSSR count). The van der Waals surface area contributed by atoms with Crippen LogP contribution in [-0.4, -0.2) is 15.3 Å². The van der Waals surface area contributed by atoms with Gasteiger partial charge in [0, 0.05) is 16.5 Å². The smallest absolute Gasteiger partial charge is 0.126 e. The minimum absolute atomic E-state index is 0.0232. The molecule has 0 aliphatic rings. The van der Waals surface area contributed by atoms with Crippen LogP contribution >= 0.6 is 0 Å². The average molecular weight is 300 g/mol. The van der Waals surface area contributed by atoms with E-state index >= 15 is 0 Å². The van der Waals surface area contributed by atoms with Crippen molar-refractivity contribution < 1.29 is 15.3 Å². The fourth-order valence-corrected chi connectivity index (χ4v) is 2.86. The van der Waals surface area contributed by atoms with Gasteiger partial charge in [0.05, 0.1) is 13.2 Å². The van der Waals surface area contributed by atoms with Gasteiger partial charge in [0.1, 0.15) is 5.75 Å². The lowest BCUT2D eigenvalue weighted by molar-refractivity contribution is 0.263. The van der Waals surface area contributed by atoms with Crippen molar-refractivity contribution in [3.05, 3.63) is 63.7 Å². The molecule has 0 fully saturated rings. The molecule has 2 aromatic rings. The maximum atomic E-state index is 10.0. The molecule has 0 unspecified atom stereocenters. The second-order valence-corrected chi connectivity index (χ2v) is 6.46. The van der Waals surface area contributed by atoms with E-state index < -0.39 is 0 Å². The van der Waals surface area contributed by atoms with Gasteiger partial charge in [-0.25, -0.2) is 0 Å². The Balaban J connectivity index is 2.62. The van der Waals surface area contributed by atoms with E-state index in [1.54, 1.807) is 0 Å². The van der Waals surface area contributed by atoms with Crippen LogP contribution in [0, 0.1) is 13.8 Å². The molecular formula is C19H24O3. The minimum Gasteiger partial charge on any atom is -0.507 e. The quantitative estimate of drug-likeness (QED) is 0.812. The molecule has 0 atom stereocenters. The largest absolute Gasteiger partial charge is 0.507 e. The first-order valence-corrected chi connectivity index (χ1v) is 7.45. The Labute approximate surface area is 131 Å². The van der Waals surface area contributed by atoms with Crippen molar-refractivity contribution in [2.75, 3.05) is 0 Å². The van der Waals surface area contributed by atoms with Crippen LogP contribution in [0.5, 0.6) is 5.75 Å². The molecule has 3 heteroatoms. The lowest BCUT2D eigenvalue weighted by Crippen LogP contribution is -2.20. The molecule has 0 aromatic heterocycles. The summed E-state index contributed by atoms with van der Waals surface area (Å²) in [4.78, 5) is 0. The molecule has 0 spiro atoms. The predicted molar refractivity (Wildman–Crippen MR) is 88.0 cm³/mol. The minimum atomic E-state index is -0.293. The van der Waals surface area contributed by atoms with E-state index in [-0.39, 0.29) is 24.4 Å². The Morgan fingerprint density at radius 3 is 1.59 bits per heavy atom. The standard InChI is InChI=1S/C19H24O3/c1-12-5-13(2)7-16(6-12)19(3,4)17-8-14(10-20)18(22)15(9-17)11-21/h5-9,20-22H,10-11H2,1-4H3. The topological polar surface area (TPSA) is 60.7 Å². The molecule has 3 nitrogen and oxygen atoms in total. The summed E-state index contributed by atoms with van der Waals surface area (Å²) in [5.41, 5.74) is 5.13. The molecule has 0 saturated heterocycles. The summed E-state index contributed by atoms with van der Waals surface area (Å²) in [6.45, 7) is 7.85. The predicted octanol–water partition coefficient (Wildman–Crippen LogP) is 3.32. The fourth-order valence-electron chi connectivity index (χ4n) is 2.86. The molecular weight excluding hydrogens is 276 g/mol. The summed E-state index contributed by atoms with van der Waals surface area (Å²) in [5.74, 6) is -0.0232. The van der Waals surface area contributed by atoms with Gasteiger partial charge in [-0.05, 0) is 37.1 Å². The van der Waals surface area contributed by atoms with Crippen molar-refractivity contribution in [1.82, 2.24) is 0 Å². The van der Waals surface area contributed by atoms with Crippen LogP contribution in [0.2, 0.25) is 0 Å². The first-order chi connectivity index (χ1) is 10.3. The molecule has 0 aliphatic heterocycles. The third-order valence-corrected chi connectivity index (χ3v) is 4.27. The van der Waals surface area contributed by atoms with Crippen LogP contribution in [0.25, 0.3) is 0 Å². The zero-order valence-electron chi connectivity index (χ0n) is 13.6. The number of benzene rings is 2. The van der Waals surface area contributed by atoms with E-state index in [4.69, 9.17) is 0 Å². The number of hydrogen-bond donors (Lipinski definition) is 3. The van der Waals surface area contributed by atoms with Gasteiger partial charge in [0.15, 0.2) is 0 Å². The Hall–Kier alpha value is -1.84. The van der Waals surface area contributed by atoms with Crippen LogP contribution in [0.1, 0.15) is 47.2 Å². The Morgan fingerprint density at radius 1 is 0.773 bits per heavy atom. The first kappa shape index (κ1) is 16.5. The van der Waals surface area contributed by atoms with Crippen molar-refractivity contribution >= 4 is 0 Å². The zero-order chi connectivity index (χ0) is 16.5. The highest BCUT2D eigenvalue weighted by Gasteiger charge is 2.25. The highest BCUT2D eigenvalue weighted by molar-refractivity contribution is 5.49. The van der Waals surface area contributed by atoms with Crippen LogP contribution in [0.4, 0.5) is 0 Å². The molecule has 0 saturated carbocycles. The van der Waals surface area contributed by atoms with Crippen molar-refractivity contribution in [2.24, 2.45) is 0 Å². The maximum Gasteiger partial charge on any atom is 0.126 e. The van der Waals surface area contributed by atoms with E-state index in [9.17, 15) is 15.3 Å². The zero-order valence-corrected chi connectivity index (χ0v) is 13.6. The number of rotatable bonds is 4. The molecule has 3 N–H and O–H groups in total. The summed E-state index contributed by atoms with van der Waals surface area (Å²) >= 11 is 0. The van der Waals surface area contributed by atoms with Crippen LogP contribution < -0.4 is 0 Å². The van der Waals surface area contributed by atoms with Gasteiger partial charge < -0.3 is 15.3 Å². The van der Waals surface area contributed by atoms with E-state index in [0.717, 1.165) is 5.56 Å². The monoisotopic (exact) mass is 300 g/mol. The van der Waals surface area contributed by atoms with E-state index in [1.807, 2.05) is 12.1 Å². The van der Waals surface area contributed by atoms with Crippen molar-refractivity contribution in [2.45, 2.75) is 46.3 Å². The first-order valence-electron chi connectivity index (χ1n) is 7.45. The van der Waals surface area contributed by atoms with Gasteiger partial charge in [-0.3, -0.25) is 0 Å². The van der Waals surface area contributed by atoms with Crippen LogP contribution in [0.3, 0.4) is 0 Å². The Bertz CT molecular complexity index is 642. The summed E-state index contributed by atoms with van der Waals surface area (Å²) in [6.07, 6.45) is 0. The summed E-state index contributed by atoms with van der Waals surface area (Å²) < 4.78 is 0. The number of hydrogen-bond acceptors (Lipinski definition) is 3. The number of aliphatic hydroxyl groups is 2. The molecule has 0 bridgehead atoms. The molecule has 0 heterocycles. The van der Waals surface area contributed by atoms with Crippen LogP contribution in [-0.2, 0) is 18.6 Å². The Morgan fingerprint density at radius 2 is 1.18 bits per heavy atom. The van der Waals surface area contributed by atoms with Crippen molar-refractivity contribution in [1.29, 1.82) is 0 Å². The van der Waals surface area contributed by atoms with E-state index in [0.29, 0.717) is 11.1 Å². The van der Waals surface area contributed by atoms with Crippen LogP contribution in [0.15, 0.2) is 30.3 Å². The molecule has 0 radical (unpaired) electrons. The number of phenols is 1. The second-order valence-electron chi connectivity index (χ2n) is 6.46. The third kappa shape index (κ3) is 3.01. The van der Waals surface area contributed by atoms with E-state index in [2.05, 4.69) is 45.9 Å². The molecule has 22 heavy (non-hydrogen) atoms. The summed E-state index contributed by atoms with van der Waals surface area (Å²) in [6, 6.07) is 10.1. The average Bonchev–Trinajstić information content (AvgIpc) is 2.46. The molecule has 0 aliphatic carbocycles. The number of aryl methyl sites for hydroxylation is 2. The fraction of sp³-hybridized carbons (Fsp3) is 0.368. The van der Waals surface area contributed by atoms with E-state index in [1.165, 1.54) is 16.7 Å². The SMILES string of the molecule is Cc1cc(C)cc(C(C)(C)c2cc(CO)c(O)c(CO)c2)c1. The molecule has 0 amide bonds. The van der Waals surface area contributed by atoms with Gasteiger partial charge in [0.2, 0.25) is 0 Å². The summed E-state index contributed by atoms with van der Waals surface area (Å²) in [7, 11) is 0. The van der Waals surface area contributed by atoms with Gasteiger partial charge in [-0.1, -0.05) is 43.2 Å². The summed E-state index contributed by atoms with van der Waals surface area (Å²) in [5, 5.41) is 28.9. The van der Waals surface area contributed by atoms with Crippen molar-refractivity contribution in [3.63, 3.8) is 0 Å². The number of aromatic hydroxyl groups is 1. The highest BCUT2D eigenvalue weighted by atomic mass is 16.3. The van der Waals surface area contributed by atoms with Gasteiger partial charge in [-0.15, -0.1) is 0 Å². The third-order valence-electron chi connectivity index (χ3n) is 4.27. The van der Waals surface area contributed by atoms with Gasteiger partial charge in [-0.2, -0.15) is 0 Å². The lowest BCUT2D eigenvalue weighted by Gasteiger charge is -2.28. The molecule has 2 aromatic carbocycles.